The molecule has 6 rings (SSSR count). The maximum atomic E-state index is 14.1. The number of allylic oxidation sites excluding steroid dienone is 1. The Bertz CT molecular complexity index is 1800. The lowest BCUT2D eigenvalue weighted by atomic mass is 9.78. The summed E-state index contributed by atoms with van der Waals surface area (Å²) in [6.45, 7) is 17.5. The van der Waals surface area contributed by atoms with Crippen molar-refractivity contribution >= 4 is 29.4 Å². The van der Waals surface area contributed by atoms with Crippen LogP contribution in [0.25, 0.3) is 0 Å². The largest absolute Gasteiger partial charge is 0.493 e. The number of hydrogen-bond donors (Lipinski definition) is 1. The lowest BCUT2D eigenvalue weighted by molar-refractivity contribution is 0.0704. The molecule has 2 amide bonds. The second kappa shape index (κ2) is 16.5. The quantitative estimate of drug-likeness (QED) is 0.183. The van der Waals surface area contributed by atoms with Gasteiger partial charge in [-0.3, -0.25) is 14.6 Å². The number of nitrogens with zero attached hydrogens (tertiary/aromatic N) is 4. The molecule has 3 unspecified atom stereocenters. The van der Waals surface area contributed by atoms with Gasteiger partial charge in [0.15, 0.2) is 23.0 Å². The number of hydrogen-bond acceptors (Lipinski definition) is 9. The van der Waals surface area contributed by atoms with Crippen molar-refractivity contribution in [3.8, 4) is 23.0 Å². The summed E-state index contributed by atoms with van der Waals surface area (Å²) in [4.78, 5) is 38.2. The van der Waals surface area contributed by atoms with Gasteiger partial charge >= 0.3 is 0 Å². The first-order valence-corrected chi connectivity index (χ1v) is 20.1. The Balaban J connectivity index is 1.11. The third kappa shape index (κ3) is 8.32. The zero-order valence-electron chi connectivity index (χ0n) is 34.4. The van der Waals surface area contributed by atoms with Gasteiger partial charge in [0.05, 0.1) is 74.7 Å². The van der Waals surface area contributed by atoms with Gasteiger partial charge in [-0.1, -0.05) is 46.3 Å². The number of anilines is 1. The number of methoxy groups -OCH3 is 2. The molecule has 300 valence electrons. The van der Waals surface area contributed by atoms with E-state index in [1.165, 1.54) is 5.57 Å². The Morgan fingerprint density at radius 1 is 0.909 bits per heavy atom. The minimum atomic E-state index is -0.237. The molecule has 1 N–H and O–H groups in total. The van der Waals surface area contributed by atoms with E-state index in [0.717, 1.165) is 57.2 Å². The van der Waals surface area contributed by atoms with Crippen LogP contribution in [-0.4, -0.2) is 104 Å². The normalized spacial score (nSPS) is 22.2. The van der Waals surface area contributed by atoms with Gasteiger partial charge < -0.3 is 38.8 Å². The predicted molar refractivity (Wildman–Crippen MR) is 217 cm³/mol. The molecule has 2 fully saturated rings. The number of aliphatic hydroxyl groups is 1. The van der Waals surface area contributed by atoms with E-state index in [-0.39, 0.29) is 53.4 Å². The van der Waals surface area contributed by atoms with E-state index in [4.69, 9.17) is 18.9 Å². The van der Waals surface area contributed by atoms with Gasteiger partial charge in [-0.15, -0.1) is 0 Å². The molecule has 0 spiro atoms. The SMILES string of the molecule is C/C=C1\C[C@H]2C(CO)N(C(C)CC)c3cc(OCCC(C)(C)CCC(C)(C)COc4cc5c(cc4OC)C(=O)N4CCCC4C=N5)c(OC)cc3C(=O)N2C1. The average molecular weight is 759 g/mol. The van der Waals surface area contributed by atoms with E-state index in [1.807, 2.05) is 41.1 Å². The second-order valence-electron chi connectivity index (χ2n) is 17.3. The third-order valence-electron chi connectivity index (χ3n) is 12.4. The Morgan fingerprint density at radius 2 is 1.58 bits per heavy atom. The van der Waals surface area contributed by atoms with Crippen molar-refractivity contribution in [1.82, 2.24) is 9.80 Å². The molecule has 0 bridgehead atoms. The van der Waals surface area contributed by atoms with Gasteiger partial charge in [-0.05, 0) is 81.8 Å². The van der Waals surface area contributed by atoms with Crippen LogP contribution in [0.5, 0.6) is 23.0 Å². The number of aliphatic hydroxyl groups excluding tert-OH is 1. The number of carbonyl (C=O) groups is 2. The van der Waals surface area contributed by atoms with E-state index in [9.17, 15) is 14.7 Å². The first-order valence-electron chi connectivity index (χ1n) is 20.1. The summed E-state index contributed by atoms with van der Waals surface area (Å²) >= 11 is 0. The standard InChI is InChI=1S/C44H62N4O7/c1-10-28(3)48-34-23-40(38(53-9)21-32(34)42(51)47-25-29(11-2)19-35(47)36(48)26-49)54-18-16-43(4,5)14-15-44(6,7)27-55-39-22-33-31(20-37(39)52-8)41(50)46-17-12-13-30(46)24-45-33/h11,20-24,28,30,35-36,49H,10,12-19,25-27H2,1-9H3/b29-11+/t28?,30?,35-,36?/m0/s1. The van der Waals surface area contributed by atoms with Crippen molar-refractivity contribution in [2.75, 3.05) is 52.0 Å². The van der Waals surface area contributed by atoms with Crippen LogP contribution in [0.3, 0.4) is 0 Å². The number of ether oxygens (including phenoxy) is 4. The maximum absolute atomic E-state index is 14.1. The highest BCUT2D eigenvalue weighted by molar-refractivity contribution is 6.04. The van der Waals surface area contributed by atoms with E-state index >= 15 is 0 Å². The van der Waals surface area contributed by atoms with E-state index < -0.39 is 0 Å². The number of aliphatic imine (C=N–C) groups is 1. The summed E-state index contributed by atoms with van der Waals surface area (Å²) in [6, 6.07) is 7.18. The summed E-state index contributed by atoms with van der Waals surface area (Å²) < 4.78 is 24.4. The molecule has 55 heavy (non-hydrogen) atoms. The Kier molecular flexibility index (Phi) is 12.1. The molecule has 0 aromatic heterocycles. The van der Waals surface area contributed by atoms with E-state index in [2.05, 4.69) is 57.5 Å². The Labute approximate surface area is 327 Å². The molecular weight excluding hydrogens is 697 g/mol. The summed E-state index contributed by atoms with van der Waals surface area (Å²) in [5.41, 5.74) is 3.58. The molecule has 11 heteroatoms. The van der Waals surface area contributed by atoms with Crippen LogP contribution in [0.2, 0.25) is 0 Å². The summed E-state index contributed by atoms with van der Waals surface area (Å²) in [5.74, 6) is 2.21. The highest BCUT2D eigenvalue weighted by Crippen LogP contribution is 2.44. The Hall–Kier alpha value is -4.25. The minimum Gasteiger partial charge on any atom is -0.493 e. The fraction of sp³-hybridized carbons (Fsp3) is 0.614. The first kappa shape index (κ1) is 40.4. The van der Waals surface area contributed by atoms with Gasteiger partial charge in [0.2, 0.25) is 0 Å². The topological polar surface area (TPSA) is 113 Å². The van der Waals surface area contributed by atoms with Gasteiger partial charge in [-0.25, -0.2) is 0 Å². The number of carbonyl (C=O) groups excluding carboxylic acids is 2. The molecule has 4 aliphatic rings. The van der Waals surface area contributed by atoms with E-state index in [1.54, 1.807) is 20.3 Å². The van der Waals surface area contributed by atoms with E-state index in [0.29, 0.717) is 59.6 Å². The number of amides is 2. The average Bonchev–Trinajstić information content (AvgIpc) is 3.79. The van der Waals surface area contributed by atoms with Crippen LogP contribution in [0.15, 0.2) is 40.9 Å². The molecule has 2 saturated heterocycles. The van der Waals surface area contributed by atoms with Gasteiger partial charge in [0, 0.05) is 37.5 Å². The fourth-order valence-corrected chi connectivity index (χ4v) is 8.46. The first-order chi connectivity index (χ1) is 26.2. The smallest absolute Gasteiger partial charge is 0.256 e. The van der Waals surface area contributed by atoms with Crippen molar-refractivity contribution in [2.45, 2.75) is 118 Å². The molecule has 2 aromatic carbocycles. The van der Waals surface area contributed by atoms with Crippen LogP contribution >= 0.6 is 0 Å². The monoisotopic (exact) mass is 758 g/mol. The third-order valence-corrected chi connectivity index (χ3v) is 12.4. The molecule has 0 aliphatic carbocycles. The predicted octanol–water partition coefficient (Wildman–Crippen LogP) is 7.85. The summed E-state index contributed by atoms with van der Waals surface area (Å²) in [5, 5.41) is 10.8. The molecule has 2 aromatic rings. The van der Waals surface area contributed by atoms with Crippen LogP contribution in [0, 0.1) is 10.8 Å². The van der Waals surface area contributed by atoms with Gasteiger partial charge in [0.1, 0.15) is 0 Å². The molecule has 4 aliphatic heterocycles. The van der Waals surface area contributed by atoms with Crippen LogP contribution in [-0.2, 0) is 0 Å². The molecule has 4 heterocycles. The molecule has 11 nitrogen and oxygen atoms in total. The molecule has 0 radical (unpaired) electrons. The van der Waals surface area contributed by atoms with Gasteiger partial charge in [0.25, 0.3) is 11.8 Å². The van der Waals surface area contributed by atoms with Crippen LogP contribution in [0.4, 0.5) is 11.4 Å². The van der Waals surface area contributed by atoms with Crippen LogP contribution < -0.4 is 23.8 Å². The maximum Gasteiger partial charge on any atom is 0.256 e. The number of rotatable bonds is 15. The van der Waals surface area contributed by atoms with Crippen molar-refractivity contribution in [1.29, 1.82) is 0 Å². The summed E-state index contributed by atoms with van der Waals surface area (Å²) in [7, 11) is 3.21. The fourth-order valence-electron chi connectivity index (χ4n) is 8.46. The second-order valence-corrected chi connectivity index (χ2v) is 17.3. The highest BCUT2D eigenvalue weighted by Gasteiger charge is 2.45. The molecule has 0 saturated carbocycles. The zero-order chi connectivity index (χ0) is 39.7. The number of fused-ring (bicyclic) bond motifs is 4. The van der Waals surface area contributed by atoms with Crippen molar-refractivity contribution in [3.05, 3.63) is 47.0 Å². The molecule has 4 atom stereocenters. The van der Waals surface area contributed by atoms with Gasteiger partial charge in [-0.2, -0.15) is 0 Å². The van der Waals surface area contributed by atoms with Crippen LogP contribution in [0.1, 0.15) is 114 Å². The Morgan fingerprint density at radius 3 is 2.25 bits per heavy atom. The lowest BCUT2D eigenvalue weighted by Gasteiger charge is -2.40. The van der Waals surface area contributed by atoms with Crippen molar-refractivity contribution < 1.29 is 33.6 Å². The minimum absolute atomic E-state index is 0.00554. The van der Waals surface area contributed by atoms with Crippen molar-refractivity contribution in [2.24, 2.45) is 15.8 Å². The zero-order valence-corrected chi connectivity index (χ0v) is 34.4. The molecular formula is C44H62N4O7. The number of benzene rings is 2. The van der Waals surface area contributed by atoms with Crippen molar-refractivity contribution in [3.63, 3.8) is 0 Å². The summed E-state index contributed by atoms with van der Waals surface area (Å²) in [6.07, 6.45) is 10.2. The lowest BCUT2D eigenvalue weighted by Crippen LogP contribution is -2.53. The highest BCUT2D eigenvalue weighted by atomic mass is 16.5.